The van der Waals surface area contributed by atoms with Crippen molar-refractivity contribution in [3.8, 4) is 5.75 Å². The van der Waals surface area contributed by atoms with E-state index in [0.717, 1.165) is 0 Å². The number of carbonyl (C=O) groups excluding carboxylic acids is 1. The van der Waals surface area contributed by atoms with E-state index >= 15 is 0 Å². The molecule has 0 bridgehead atoms. The average Bonchev–Trinajstić information content (AvgIpc) is 3.09. The summed E-state index contributed by atoms with van der Waals surface area (Å²) in [5.74, 6) is -4.16. The maximum atomic E-state index is 13.6. The van der Waals surface area contributed by atoms with Crippen LogP contribution in [0.2, 0.25) is 0 Å². The minimum absolute atomic E-state index is 0.366. The monoisotopic (exact) mass is 364 g/mol. The minimum Gasteiger partial charge on any atom is -0.497 e. The van der Waals surface area contributed by atoms with E-state index in [-0.39, 0.29) is 6.01 Å². The molecule has 7 nitrogen and oxygen atoms in total. The zero-order valence-corrected chi connectivity index (χ0v) is 13.2. The summed E-state index contributed by atoms with van der Waals surface area (Å²) in [6, 6.07) is 7.07. The molecule has 2 N–H and O–H groups in total. The van der Waals surface area contributed by atoms with Gasteiger partial charge in [0, 0.05) is 17.8 Å². The van der Waals surface area contributed by atoms with E-state index in [4.69, 9.17) is 9.15 Å². The Balaban J connectivity index is 1.70. The molecule has 10 heteroatoms. The van der Waals surface area contributed by atoms with Crippen LogP contribution in [0.3, 0.4) is 0 Å². The van der Waals surface area contributed by atoms with Gasteiger partial charge in [0.25, 0.3) is 0 Å². The summed E-state index contributed by atoms with van der Waals surface area (Å²) in [6.45, 7) is 0. The van der Waals surface area contributed by atoms with Crippen LogP contribution in [0.25, 0.3) is 0 Å². The molecule has 1 aromatic heterocycles. The fourth-order valence-electron chi connectivity index (χ4n) is 1.96. The van der Waals surface area contributed by atoms with Gasteiger partial charge in [0.05, 0.1) is 12.8 Å². The van der Waals surface area contributed by atoms with Gasteiger partial charge in [-0.3, -0.25) is 4.79 Å². The molecule has 0 aliphatic rings. The Hall–Kier alpha value is -3.56. The smallest absolute Gasteiger partial charge is 0.320 e. The molecular weight excluding hydrogens is 353 g/mol. The Labute approximate surface area is 144 Å². The third-order valence-corrected chi connectivity index (χ3v) is 3.22. The van der Waals surface area contributed by atoms with Crippen molar-refractivity contribution in [3.63, 3.8) is 0 Å². The maximum absolute atomic E-state index is 13.6. The fourth-order valence-corrected chi connectivity index (χ4v) is 1.96. The van der Waals surface area contributed by atoms with Crippen LogP contribution in [0.5, 0.6) is 5.75 Å². The highest BCUT2D eigenvalue weighted by Crippen LogP contribution is 2.22. The Morgan fingerprint density at radius 2 is 1.73 bits per heavy atom. The molecule has 1 heterocycles. The van der Waals surface area contributed by atoms with Gasteiger partial charge in [0.1, 0.15) is 11.6 Å². The van der Waals surface area contributed by atoms with Gasteiger partial charge < -0.3 is 19.8 Å². The second-order valence-corrected chi connectivity index (χ2v) is 4.97. The lowest BCUT2D eigenvalue weighted by Gasteiger charge is -2.04. The third-order valence-electron chi connectivity index (χ3n) is 3.22. The number of halogens is 3. The largest absolute Gasteiger partial charge is 0.497 e. The maximum Gasteiger partial charge on any atom is 0.320 e. The summed E-state index contributed by atoms with van der Waals surface area (Å²) in [6.07, 6.45) is 0. The molecule has 0 spiro atoms. The normalized spacial score (nSPS) is 10.5. The van der Waals surface area contributed by atoms with Crippen molar-refractivity contribution < 1.29 is 27.1 Å². The van der Waals surface area contributed by atoms with Crippen LogP contribution in [-0.4, -0.2) is 23.2 Å². The highest BCUT2D eigenvalue weighted by molar-refractivity contribution is 6.00. The first-order chi connectivity index (χ1) is 12.5. The predicted octanol–water partition coefficient (Wildman–Crippen LogP) is 3.49. The third kappa shape index (κ3) is 3.74. The van der Waals surface area contributed by atoms with Crippen molar-refractivity contribution in [1.29, 1.82) is 0 Å². The number of ether oxygens (including phenoxy) is 1. The van der Waals surface area contributed by atoms with E-state index in [9.17, 15) is 18.0 Å². The van der Waals surface area contributed by atoms with Gasteiger partial charge in [-0.05, 0) is 24.3 Å². The summed E-state index contributed by atoms with van der Waals surface area (Å²) < 4.78 is 49.7. The summed E-state index contributed by atoms with van der Waals surface area (Å²) >= 11 is 0. The number of rotatable bonds is 5. The van der Waals surface area contributed by atoms with Gasteiger partial charge in [-0.2, -0.15) is 0 Å². The molecule has 0 saturated heterocycles. The molecule has 0 fully saturated rings. The lowest BCUT2D eigenvalue weighted by atomic mass is 10.3. The van der Waals surface area contributed by atoms with Crippen LogP contribution >= 0.6 is 0 Å². The predicted molar refractivity (Wildman–Crippen MR) is 84.8 cm³/mol. The average molecular weight is 364 g/mol. The van der Waals surface area contributed by atoms with E-state index in [1.807, 2.05) is 0 Å². The van der Waals surface area contributed by atoms with Crippen molar-refractivity contribution >= 4 is 23.3 Å². The SMILES string of the molecule is COc1ccc(NC(=O)c2nnc(Nc3cc(F)c(F)cc3F)o2)cc1. The van der Waals surface area contributed by atoms with Crippen LogP contribution in [0, 0.1) is 17.5 Å². The molecular formula is C16H11F3N4O3. The topological polar surface area (TPSA) is 89.3 Å². The van der Waals surface area contributed by atoms with E-state index < -0.39 is 34.9 Å². The van der Waals surface area contributed by atoms with Crippen LogP contribution < -0.4 is 15.4 Å². The molecule has 0 aliphatic carbocycles. The van der Waals surface area contributed by atoms with Crippen LogP contribution in [0.1, 0.15) is 10.7 Å². The number of nitrogens with one attached hydrogen (secondary N) is 2. The number of benzene rings is 2. The van der Waals surface area contributed by atoms with E-state index in [1.54, 1.807) is 24.3 Å². The van der Waals surface area contributed by atoms with Crippen molar-refractivity contribution in [3.05, 3.63) is 59.7 Å². The van der Waals surface area contributed by atoms with Crippen LogP contribution in [0.15, 0.2) is 40.8 Å². The summed E-state index contributed by atoms with van der Waals surface area (Å²) in [4.78, 5) is 12.0. The first-order valence-corrected chi connectivity index (χ1v) is 7.16. The van der Waals surface area contributed by atoms with E-state index in [1.165, 1.54) is 7.11 Å². The second kappa shape index (κ2) is 7.13. The minimum atomic E-state index is -1.34. The lowest BCUT2D eigenvalue weighted by Crippen LogP contribution is -2.12. The number of carbonyl (C=O) groups is 1. The molecule has 2 aromatic carbocycles. The number of hydrogen-bond acceptors (Lipinski definition) is 6. The lowest BCUT2D eigenvalue weighted by molar-refractivity contribution is 0.0991. The highest BCUT2D eigenvalue weighted by atomic mass is 19.2. The van der Waals surface area contributed by atoms with Gasteiger partial charge in [-0.1, -0.05) is 5.10 Å². The van der Waals surface area contributed by atoms with Gasteiger partial charge in [-0.25, -0.2) is 13.2 Å². The van der Waals surface area contributed by atoms with Crippen molar-refractivity contribution in [2.45, 2.75) is 0 Å². The summed E-state index contributed by atoms with van der Waals surface area (Å²) in [7, 11) is 1.51. The van der Waals surface area contributed by atoms with Gasteiger partial charge in [0.2, 0.25) is 0 Å². The number of nitrogens with zero attached hydrogens (tertiary/aromatic N) is 2. The second-order valence-electron chi connectivity index (χ2n) is 4.97. The molecule has 3 aromatic rings. The van der Waals surface area contributed by atoms with Gasteiger partial charge in [0.15, 0.2) is 11.6 Å². The molecule has 0 aliphatic heterocycles. The number of anilines is 3. The van der Waals surface area contributed by atoms with Crippen molar-refractivity contribution in [1.82, 2.24) is 10.2 Å². The summed E-state index contributed by atoms with van der Waals surface area (Å²) in [5, 5.41) is 11.8. The molecule has 0 unspecified atom stereocenters. The molecule has 1 amide bonds. The van der Waals surface area contributed by atoms with E-state index in [2.05, 4.69) is 20.8 Å². The first kappa shape index (κ1) is 17.3. The number of amides is 1. The Kier molecular flexibility index (Phi) is 4.74. The van der Waals surface area contributed by atoms with Crippen LogP contribution in [0.4, 0.5) is 30.6 Å². The van der Waals surface area contributed by atoms with E-state index in [0.29, 0.717) is 23.6 Å². The molecule has 0 radical (unpaired) electrons. The zero-order valence-electron chi connectivity index (χ0n) is 13.2. The molecule has 0 saturated carbocycles. The number of methoxy groups -OCH3 is 1. The Morgan fingerprint density at radius 3 is 2.42 bits per heavy atom. The Bertz CT molecular complexity index is 944. The Morgan fingerprint density at radius 1 is 1.04 bits per heavy atom. The molecule has 134 valence electrons. The van der Waals surface area contributed by atoms with Crippen LogP contribution in [-0.2, 0) is 0 Å². The van der Waals surface area contributed by atoms with Gasteiger partial charge in [-0.15, -0.1) is 5.10 Å². The number of hydrogen-bond donors (Lipinski definition) is 2. The van der Waals surface area contributed by atoms with Crippen molar-refractivity contribution in [2.75, 3.05) is 17.7 Å². The number of aromatic nitrogens is 2. The quantitative estimate of drug-likeness (QED) is 0.674. The molecule has 3 rings (SSSR count). The van der Waals surface area contributed by atoms with Crippen molar-refractivity contribution in [2.24, 2.45) is 0 Å². The molecule has 0 atom stereocenters. The standard InChI is InChI=1S/C16H11F3N4O3/c1-25-9-4-2-8(3-5-9)20-14(24)15-22-23-16(26-15)21-13-7-11(18)10(17)6-12(13)19/h2-7H,1H3,(H,20,24)(H,21,23). The molecule has 26 heavy (non-hydrogen) atoms. The first-order valence-electron chi connectivity index (χ1n) is 7.16. The summed E-state index contributed by atoms with van der Waals surface area (Å²) in [5.41, 5.74) is 0.0322. The highest BCUT2D eigenvalue weighted by Gasteiger charge is 2.17. The van der Waals surface area contributed by atoms with Gasteiger partial charge >= 0.3 is 17.8 Å². The zero-order chi connectivity index (χ0) is 18.7. The fraction of sp³-hybridized carbons (Fsp3) is 0.0625.